The van der Waals surface area contributed by atoms with Gasteiger partial charge in [-0.2, -0.15) is 12.6 Å². The zero-order valence-electron chi connectivity index (χ0n) is 7.78. The fourth-order valence-corrected chi connectivity index (χ4v) is 1.32. The number of thiol groups is 1. The lowest BCUT2D eigenvalue weighted by molar-refractivity contribution is 0.306. The standard InChI is InChI=1S/C11H16OS/c13-10-6-2-5-9-12-11-7-3-1-4-8-11/h1,3-4,7-8,13H,2,5-6,9-10H2. The minimum Gasteiger partial charge on any atom is -0.494 e. The van der Waals surface area contributed by atoms with Crippen molar-refractivity contribution in [2.75, 3.05) is 12.4 Å². The summed E-state index contributed by atoms with van der Waals surface area (Å²) in [7, 11) is 0. The molecule has 0 saturated carbocycles. The quantitative estimate of drug-likeness (QED) is 0.543. The average Bonchev–Trinajstić information content (AvgIpc) is 2.19. The van der Waals surface area contributed by atoms with Crippen LogP contribution in [0.4, 0.5) is 0 Å². The van der Waals surface area contributed by atoms with E-state index < -0.39 is 0 Å². The second-order valence-electron chi connectivity index (χ2n) is 2.95. The topological polar surface area (TPSA) is 9.23 Å². The average molecular weight is 196 g/mol. The normalized spacial score (nSPS) is 9.92. The number of benzene rings is 1. The molecule has 13 heavy (non-hydrogen) atoms. The van der Waals surface area contributed by atoms with Crippen LogP contribution >= 0.6 is 12.6 Å². The Labute approximate surface area is 85.5 Å². The van der Waals surface area contributed by atoms with Crippen molar-refractivity contribution in [2.24, 2.45) is 0 Å². The molecule has 72 valence electrons. The lowest BCUT2D eigenvalue weighted by atomic mass is 10.3. The molecule has 0 bridgehead atoms. The monoisotopic (exact) mass is 196 g/mol. The molecule has 0 unspecified atom stereocenters. The van der Waals surface area contributed by atoms with Gasteiger partial charge in [-0.25, -0.2) is 0 Å². The van der Waals surface area contributed by atoms with Crippen molar-refractivity contribution in [1.29, 1.82) is 0 Å². The molecule has 0 aliphatic carbocycles. The Hall–Kier alpha value is -0.630. The second kappa shape index (κ2) is 6.84. The molecule has 0 atom stereocenters. The summed E-state index contributed by atoms with van der Waals surface area (Å²) in [4.78, 5) is 0. The summed E-state index contributed by atoms with van der Waals surface area (Å²) in [6.45, 7) is 0.817. The van der Waals surface area contributed by atoms with Gasteiger partial charge in [0.15, 0.2) is 0 Å². The Kier molecular flexibility index (Phi) is 5.50. The van der Waals surface area contributed by atoms with Crippen molar-refractivity contribution in [3.8, 4) is 5.75 Å². The number of para-hydroxylation sites is 1. The van der Waals surface area contributed by atoms with E-state index in [0.717, 1.165) is 24.5 Å². The van der Waals surface area contributed by atoms with Crippen molar-refractivity contribution in [1.82, 2.24) is 0 Å². The number of unbranched alkanes of at least 4 members (excludes halogenated alkanes) is 2. The van der Waals surface area contributed by atoms with E-state index in [1.165, 1.54) is 12.8 Å². The van der Waals surface area contributed by atoms with Crippen LogP contribution < -0.4 is 4.74 Å². The van der Waals surface area contributed by atoms with Gasteiger partial charge in [-0.1, -0.05) is 18.2 Å². The van der Waals surface area contributed by atoms with Gasteiger partial charge >= 0.3 is 0 Å². The minimum atomic E-state index is 0.817. The van der Waals surface area contributed by atoms with E-state index in [-0.39, 0.29) is 0 Å². The van der Waals surface area contributed by atoms with E-state index in [2.05, 4.69) is 12.6 Å². The smallest absolute Gasteiger partial charge is 0.119 e. The molecule has 0 radical (unpaired) electrons. The van der Waals surface area contributed by atoms with E-state index in [1.807, 2.05) is 30.3 Å². The summed E-state index contributed by atoms with van der Waals surface area (Å²) in [5.41, 5.74) is 0. The van der Waals surface area contributed by atoms with E-state index in [4.69, 9.17) is 4.74 Å². The zero-order valence-corrected chi connectivity index (χ0v) is 8.67. The first kappa shape index (κ1) is 10.5. The fourth-order valence-electron chi connectivity index (χ4n) is 1.10. The van der Waals surface area contributed by atoms with Gasteiger partial charge in [-0.05, 0) is 37.1 Å². The first-order valence-electron chi connectivity index (χ1n) is 4.72. The first-order chi connectivity index (χ1) is 6.43. The Balaban J connectivity index is 2.07. The highest BCUT2D eigenvalue weighted by molar-refractivity contribution is 7.80. The third-order valence-corrected chi connectivity index (χ3v) is 2.13. The third kappa shape index (κ3) is 4.83. The van der Waals surface area contributed by atoms with Crippen LogP contribution in [0.2, 0.25) is 0 Å². The predicted molar refractivity (Wildman–Crippen MR) is 59.6 cm³/mol. The Morgan fingerprint density at radius 2 is 1.77 bits per heavy atom. The maximum atomic E-state index is 5.53. The van der Waals surface area contributed by atoms with Gasteiger partial charge in [0.1, 0.15) is 5.75 Å². The minimum absolute atomic E-state index is 0.817. The van der Waals surface area contributed by atoms with Crippen molar-refractivity contribution in [3.63, 3.8) is 0 Å². The summed E-state index contributed by atoms with van der Waals surface area (Å²) in [5, 5.41) is 0. The van der Waals surface area contributed by atoms with Gasteiger partial charge in [-0.3, -0.25) is 0 Å². The Morgan fingerprint density at radius 1 is 1.00 bits per heavy atom. The van der Waals surface area contributed by atoms with Crippen molar-refractivity contribution < 1.29 is 4.74 Å². The van der Waals surface area contributed by atoms with Gasteiger partial charge in [0.2, 0.25) is 0 Å². The number of ether oxygens (including phenoxy) is 1. The highest BCUT2D eigenvalue weighted by Crippen LogP contribution is 2.09. The molecule has 1 aromatic carbocycles. The highest BCUT2D eigenvalue weighted by Gasteiger charge is 1.91. The number of rotatable bonds is 6. The van der Waals surface area contributed by atoms with Crippen LogP contribution in [0.1, 0.15) is 19.3 Å². The molecule has 0 amide bonds. The van der Waals surface area contributed by atoms with Crippen molar-refractivity contribution >= 4 is 12.6 Å². The van der Waals surface area contributed by atoms with E-state index in [9.17, 15) is 0 Å². The van der Waals surface area contributed by atoms with Crippen LogP contribution in [0.25, 0.3) is 0 Å². The first-order valence-corrected chi connectivity index (χ1v) is 5.35. The Morgan fingerprint density at radius 3 is 2.46 bits per heavy atom. The molecule has 2 heteroatoms. The van der Waals surface area contributed by atoms with Gasteiger partial charge < -0.3 is 4.74 Å². The Bertz CT molecular complexity index is 211. The maximum Gasteiger partial charge on any atom is 0.119 e. The fraction of sp³-hybridized carbons (Fsp3) is 0.455. The molecule has 0 heterocycles. The second-order valence-corrected chi connectivity index (χ2v) is 3.39. The molecule has 1 nitrogen and oxygen atoms in total. The van der Waals surface area contributed by atoms with Crippen LogP contribution in [0.15, 0.2) is 30.3 Å². The summed E-state index contributed by atoms with van der Waals surface area (Å²) in [6.07, 6.45) is 3.51. The molecule has 1 rings (SSSR count). The van der Waals surface area contributed by atoms with Crippen LogP contribution in [-0.2, 0) is 0 Å². The SMILES string of the molecule is SCCCCCOc1ccccc1. The number of hydrogen-bond acceptors (Lipinski definition) is 2. The zero-order chi connectivity index (χ0) is 9.36. The molecule has 0 spiro atoms. The molecular weight excluding hydrogens is 180 g/mol. The largest absolute Gasteiger partial charge is 0.494 e. The van der Waals surface area contributed by atoms with Gasteiger partial charge in [0, 0.05) is 0 Å². The summed E-state index contributed by atoms with van der Waals surface area (Å²) >= 11 is 4.15. The molecular formula is C11H16OS. The highest BCUT2D eigenvalue weighted by atomic mass is 32.1. The molecule has 0 aromatic heterocycles. The molecule has 0 N–H and O–H groups in total. The van der Waals surface area contributed by atoms with Gasteiger partial charge in [0.25, 0.3) is 0 Å². The van der Waals surface area contributed by atoms with Crippen LogP contribution in [0.5, 0.6) is 5.75 Å². The molecule has 1 aromatic rings. The lowest BCUT2D eigenvalue weighted by Gasteiger charge is -2.04. The number of hydrogen-bond donors (Lipinski definition) is 1. The van der Waals surface area contributed by atoms with Crippen LogP contribution in [0.3, 0.4) is 0 Å². The summed E-state index contributed by atoms with van der Waals surface area (Å²) in [5.74, 6) is 1.94. The predicted octanol–water partition coefficient (Wildman–Crippen LogP) is 3.17. The molecule has 0 saturated heterocycles. The van der Waals surface area contributed by atoms with Gasteiger partial charge in [0.05, 0.1) is 6.61 Å². The van der Waals surface area contributed by atoms with Crippen LogP contribution in [0, 0.1) is 0 Å². The lowest BCUT2D eigenvalue weighted by Crippen LogP contribution is -1.96. The van der Waals surface area contributed by atoms with E-state index in [0.29, 0.717) is 0 Å². The molecule has 0 fully saturated rings. The van der Waals surface area contributed by atoms with Crippen molar-refractivity contribution in [3.05, 3.63) is 30.3 Å². The summed E-state index contributed by atoms with van der Waals surface area (Å²) < 4.78 is 5.53. The van der Waals surface area contributed by atoms with E-state index in [1.54, 1.807) is 0 Å². The van der Waals surface area contributed by atoms with Crippen LogP contribution in [-0.4, -0.2) is 12.4 Å². The molecule has 0 aliphatic heterocycles. The summed E-state index contributed by atoms with van der Waals surface area (Å²) in [6, 6.07) is 9.94. The van der Waals surface area contributed by atoms with Crippen molar-refractivity contribution in [2.45, 2.75) is 19.3 Å². The third-order valence-electron chi connectivity index (χ3n) is 1.81. The van der Waals surface area contributed by atoms with Gasteiger partial charge in [-0.15, -0.1) is 0 Å². The van der Waals surface area contributed by atoms with E-state index >= 15 is 0 Å². The maximum absolute atomic E-state index is 5.53. The molecule has 0 aliphatic rings.